The summed E-state index contributed by atoms with van der Waals surface area (Å²) in [6.45, 7) is 3.72. The van der Waals surface area contributed by atoms with Crippen molar-refractivity contribution in [3.63, 3.8) is 0 Å². The highest BCUT2D eigenvalue weighted by atomic mass is 32.2. The Morgan fingerprint density at radius 3 is 3.08 bits per heavy atom. The second kappa shape index (κ2) is 6.46. The summed E-state index contributed by atoms with van der Waals surface area (Å²) in [4.78, 5) is 0. The highest BCUT2D eigenvalue weighted by Crippen LogP contribution is 2.30. The van der Waals surface area contributed by atoms with Crippen LogP contribution in [0.4, 0.5) is 0 Å². The zero-order chi connectivity index (χ0) is 9.52. The average Bonchev–Trinajstić information content (AvgIpc) is 2.65. The fourth-order valence-corrected chi connectivity index (χ4v) is 3.19. The van der Waals surface area contributed by atoms with Crippen LogP contribution < -0.4 is 11.3 Å². The average molecular weight is 200 g/mol. The summed E-state index contributed by atoms with van der Waals surface area (Å²) in [5.74, 6) is 6.86. The summed E-state index contributed by atoms with van der Waals surface area (Å²) < 4.78 is 0. The minimum Gasteiger partial charge on any atom is -0.271 e. The van der Waals surface area contributed by atoms with E-state index in [0.29, 0.717) is 6.04 Å². The number of nitrogens with two attached hydrogens (primary N) is 1. The van der Waals surface area contributed by atoms with Crippen molar-refractivity contribution in [2.75, 3.05) is 5.75 Å². The van der Waals surface area contributed by atoms with Gasteiger partial charge in [-0.25, -0.2) is 0 Å². The molecule has 0 aromatic heterocycles. The van der Waals surface area contributed by atoms with E-state index >= 15 is 0 Å². The van der Waals surface area contributed by atoms with E-state index in [4.69, 9.17) is 5.84 Å². The smallest absolute Gasteiger partial charge is 0.0329 e. The molecule has 1 fully saturated rings. The summed E-state index contributed by atoms with van der Waals surface area (Å²) >= 11 is 2.06. The molecule has 1 rings (SSSR count). The molecule has 2 unspecified atom stereocenters. The summed E-state index contributed by atoms with van der Waals surface area (Å²) in [5.41, 5.74) is 2.95. The Labute approximate surface area is 85.3 Å². The zero-order valence-corrected chi connectivity index (χ0v) is 8.98. The Hall–Kier alpha value is 0.0100. The van der Waals surface area contributed by atoms with Crippen molar-refractivity contribution in [2.45, 2.75) is 43.4 Å². The van der Waals surface area contributed by atoms with Crippen LogP contribution in [0.15, 0.2) is 12.7 Å². The third-order valence-corrected chi connectivity index (χ3v) is 4.07. The van der Waals surface area contributed by atoms with E-state index in [-0.39, 0.29) is 0 Å². The number of unbranched alkanes of at least 4 members (excludes halogenated alkanes) is 1. The maximum Gasteiger partial charge on any atom is 0.0329 e. The molecule has 0 aromatic rings. The first-order chi connectivity index (χ1) is 6.38. The standard InChI is InChI=1S/C10H20N2S/c1-2-3-4-6-9(12-11)10-7-5-8-13-10/h2,9-10,12H,1,3-8,11H2. The number of allylic oxidation sites excluding steroid dienone is 1. The predicted octanol–water partition coefficient (Wildman–Crippen LogP) is 2.07. The minimum atomic E-state index is 0.507. The van der Waals surface area contributed by atoms with Crippen LogP contribution in [0.5, 0.6) is 0 Å². The van der Waals surface area contributed by atoms with Crippen molar-refractivity contribution in [3.8, 4) is 0 Å². The van der Waals surface area contributed by atoms with Gasteiger partial charge >= 0.3 is 0 Å². The van der Waals surface area contributed by atoms with Crippen molar-refractivity contribution >= 4 is 11.8 Å². The Balaban J connectivity index is 2.20. The van der Waals surface area contributed by atoms with Gasteiger partial charge in [0.05, 0.1) is 0 Å². The van der Waals surface area contributed by atoms with E-state index in [2.05, 4.69) is 23.8 Å². The van der Waals surface area contributed by atoms with Crippen LogP contribution >= 0.6 is 11.8 Å². The third-order valence-electron chi connectivity index (χ3n) is 2.55. The molecule has 76 valence electrons. The van der Waals surface area contributed by atoms with E-state index in [9.17, 15) is 0 Å². The molecule has 0 amide bonds. The van der Waals surface area contributed by atoms with Gasteiger partial charge in [-0.1, -0.05) is 6.08 Å². The fourth-order valence-electron chi connectivity index (χ4n) is 1.78. The van der Waals surface area contributed by atoms with Gasteiger partial charge in [-0.2, -0.15) is 11.8 Å². The Morgan fingerprint density at radius 1 is 1.69 bits per heavy atom. The van der Waals surface area contributed by atoms with Crippen LogP contribution in [0, 0.1) is 0 Å². The molecule has 0 bridgehead atoms. The number of hydrazine groups is 1. The topological polar surface area (TPSA) is 38.0 Å². The van der Waals surface area contributed by atoms with Gasteiger partial charge in [0.2, 0.25) is 0 Å². The van der Waals surface area contributed by atoms with Crippen LogP contribution in [0.1, 0.15) is 32.1 Å². The van der Waals surface area contributed by atoms with Crippen molar-refractivity contribution in [2.24, 2.45) is 5.84 Å². The molecule has 13 heavy (non-hydrogen) atoms. The summed E-state index contributed by atoms with van der Waals surface area (Å²) in [6, 6.07) is 0.507. The quantitative estimate of drug-likeness (QED) is 0.298. The molecule has 3 N–H and O–H groups in total. The fraction of sp³-hybridized carbons (Fsp3) is 0.800. The summed E-state index contributed by atoms with van der Waals surface area (Å²) in [5, 5.41) is 0.745. The molecule has 3 heteroatoms. The van der Waals surface area contributed by atoms with Gasteiger partial charge in [0.15, 0.2) is 0 Å². The van der Waals surface area contributed by atoms with Gasteiger partial charge in [0, 0.05) is 11.3 Å². The lowest BCUT2D eigenvalue weighted by Crippen LogP contribution is -2.41. The summed E-state index contributed by atoms with van der Waals surface area (Å²) in [7, 11) is 0. The largest absolute Gasteiger partial charge is 0.271 e. The number of hydrogen-bond donors (Lipinski definition) is 2. The van der Waals surface area contributed by atoms with E-state index in [1.165, 1.54) is 31.4 Å². The molecule has 1 heterocycles. The summed E-state index contributed by atoms with van der Waals surface area (Å²) in [6.07, 6.45) is 8.16. The molecule has 0 aliphatic carbocycles. The minimum absolute atomic E-state index is 0.507. The number of rotatable bonds is 6. The molecule has 1 saturated heterocycles. The molecular weight excluding hydrogens is 180 g/mol. The SMILES string of the molecule is C=CCCCC(NN)C1CCCS1. The lowest BCUT2D eigenvalue weighted by molar-refractivity contribution is 0.458. The van der Waals surface area contributed by atoms with Crippen LogP contribution in [0.2, 0.25) is 0 Å². The van der Waals surface area contributed by atoms with E-state index < -0.39 is 0 Å². The monoisotopic (exact) mass is 200 g/mol. The number of thioether (sulfide) groups is 1. The maximum atomic E-state index is 5.55. The van der Waals surface area contributed by atoms with Gasteiger partial charge in [-0.15, -0.1) is 6.58 Å². The Kier molecular flexibility index (Phi) is 5.51. The molecule has 1 aliphatic heterocycles. The van der Waals surface area contributed by atoms with Crippen molar-refractivity contribution in [1.29, 1.82) is 0 Å². The normalized spacial score (nSPS) is 24.5. The molecule has 0 spiro atoms. The zero-order valence-electron chi connectivity index (χ0n) is 8.17. The van der Waals surface area contributed by atoms with E-state index in [0.717, 1.165) is 11.7 Å². The van der Waals surface area contributed by atoms with Gasteiger partial charge in [0.1, 0.15) is 0 Å². The van der Waals surface area contributed by atoms with E-state index in [1.54, 1.807) is 0 Å². The molecule has 1 aliphatic rings. The Morgan fingerprint density at radius 2 is 2.54 bits per heavy atom. The molecular formula is C10H20N2S. The van der Waals surface area contributed by atoms with Crippen molar-refractivity contribution in [1.82, 2.24) is 5.43 Å². The van der Waals surface area contributed by atoms with Crippen LogP contribution in [-0.2, 0) is 0 Å². The first-order valence-corrected chi connectivity index (χ1v) is 6.12. The Bertz CT molecular complexity index is 144. The highest BCUT2D eigenvalue weighted by molar-refractivity contribution is 8.00. The van der Waals surface area contributed by atoms with Crippen LogP contribution in [0.25, 0.3) is 0 Å². The lowest BCUT2D eigenvalue weighted by Gasteiger charge is -2.21. The van der Waals surface area contributed by atoms with E-state index in [1.807, 2.05) is 6.08 Å². The first kappa shape index (κ1) is 11.1. The number of nitrogens with one attached hydrogen (secondary N) is 1. The van der Waals surface area contributed by atoms with Crippen molar-refractivity contribution < 1.29 is 0 Å². The molecule has 0 aromatic carbocycles. The second-order valence-corrected chi connectivity index (χ2v) is 4.89. The molecule has 0 saturated carbocycles. The van der Waals surface area contributed by atoms with Crippen molar-refractivity contribution in [3.05, 3.63) is 12.7 Å². The first-order valence-electron chi connectivity index (χ1n) is 5.07. The molecule has 2 nitrogen and oxygen atoms in total. The van der Waals surface area contributed by atoms with Gasteiger partial charge in [-0.3, -0.25) is 11.3 Å². The third kappa shape index (κ3) is 3.71. The second-order valence-electron chi connectivity index (χ2n) is 3.54. The maximum absolute atomic E-state index is 5.55. The van der Waals surface area contributed by atoms with Gasteiger partial charge < -0.3 is 0 Å². The molecule has 2 atom stereocenters. The molecule has 0 radical (unpaired) electrons. The predicted molar refractivity (Wildman–Crippen MR) is 60.6 cm³/mol. The van der Waals surface area contributed by atoms with Gasteiger partial charge in [0.25, 0.3) is 0 Å². The highest BCUT2D eigenvalue weighted by Gasteiger charge is 2.23. The number of hydrogen-bond acceptors (Lipinski definition) is 3. The van der Waals surface area contributed by atoms with Crippen LogP contribution in [-0.4, -0.2) is 17.0 Å². The van der Waals surface area contributed by atoms with Gasteiger partial charge in [-0.05, 0) is 37.9 Å². The lowest BCUT2D eigenvalue weighted by atomic mass is 10.0. The van der Waals surface area contributed by atoms with Crippen LogP contribution in [0.3, 0.4) is 0 Å².